The maximum absolute atomic E-state index is 5.74. The van der Waals surface area contributed by atoms with Crippen LogP contribution in [0.25, 0.3) is 5.82 Å². The molecule has 0 fully saturated rings. The van der Waals surface area contributed by atoms with Crippen molar-refractivity contribution in [3.05, 3.63) is 35.6 Å². The van der Waals surface area contributed by atoms with Gasteiger partial charge in [0.1, 0.15) is 5.02 Å². The Balaban J connectivity index is 2.48. The maximum Gasteiger partial charge on any atom is 0.164 e. The average molecular weight is 195 g/mol. The van der Waals surface area contributed by atoms with Crippen LogP contribution < -0.4 is 5.73 Å². The van der Waals surface area contributed by atoms with E-state index in [2.05, 4.69) is 10.1 Å². The molecule has 0 aliphatic rings. The maximum atomic E-state index is 5.74. The molecule has 0 saturated carbocycles. The highest BCUT2D eigenvalue weighted by Crippen LogP contribution is 2.17. The summed E-state index contributed by atoms with van der Waals surface area (Å²) in [6.45, 7) is 0. The highest BCUT2D eigenvalue weighted by molar-refractivity contribution is 6.32. The van der Waals surface area contributed by atoms with Crippen molar-refractivity contribution in [2.45, 2.75) is 0 Å². The van der Waals surface area contributed by atoms with E-state index in [1.165, 1.54) is 4.68 Å². The van der Waals surface area contributed by atoms with Crippen LogP contribution in [-0.2, 0) is 0 Å². The lowest BCUT2D eigenvalue weighted by Gasteiger charge is -1.96. The van der Waals surface area contributed by atoms with Crippen LogP contribution in [0.15, 0.2) is 30.6 Å². The third kappa shape index (κ3) is 1.48. The zero-order valence-electron chi connectivity index (χ0n) is 6.68. The first-order valence-electron chi connectivity index (χ1n) is 3.69. The fraction of sp³-hybridized carbons (Fsp3) is 0. The second kappa shape index (κ2) is 3.06. The lowest BCUT2D eigenvalue weighted by atomic mass is 10.5. The Hall–Kier alpha value is -1.55. The van der Waals surface area contributed by atoms with Gasteiger partial charge in [-0.2, -0.15) is 0 Å². The number of rotatable bonds is 1. The molecule has 2 heterocycles. The van der Waals surface area contributed by atoms with Crippen LogP contribution in [0, 0.1) is 0 Å². The van der Waals surface area contributed by atoms with Crippen LogP contribution in [0.2, 0.25) is 5.02 Å². The van der Waals surface area contributed by atoms with Gasteiger partial charge in [0.25, 0.3) is 0 Å². The number of pyridine rings is 1. The highest BCUT2D eigenvalue weighted by Gasteiger charge is 2.03. The molecule has 2 aromatic heterocycles. The molecule has 5 heteroatoms. The summed E-state index contributed by atoms with van der Waals surface area (Å²) in [5.74, 6) is 1.01. The number of hydrogen-bond acceptors (Lipinski definition) is 3. The van der Waals surface area contributed by atoms with E-state index in [9.17, 15) is 0 Å². The second-order valence-corrected chi connectivity index (χ2v) is 2.90. The van der Waals surface area contributed by atoms with E-state index in [0.717, 1.165) is 0 Å². The minimum Gasteiger partial charge on any atom is -0.381 e. The van der Waals surface area contributed by atoms with Gasteiger partial charge in [-0.05, 0) is 12.1 Å². The molecule has 0 atom stereocenters. The average Bonchev–Trinajstić information content (AvgIpc) is 2.49. The third-order valence-corrected chi connectivity index (χ3v) is 1.87. The fourth-order valence-electron chi connectivity index (χ4n) is 0.973. The standard InChI is InChI=1S/C8H7ClN4/c9-6-5-13(12-8(6)10)7-3-1-2-4-11-7/h1-5H,(H2,10,12). The first-order chi connectivity index (χ1) is 6.27. The van der Waals surface area contributed by atoms with Crippen molar-refractivity contribution in [2.24, 2.45) is 0 Å². The zero-order chi connectivity index (χ0) is 9.26. The Bertz CT molecular complexity index is 390. The van der Waals surface area contributed by atoms with Crippen molar-refractivity contribution in [3.63, 3.8) is 0 Å². The predicted octanol–water partition coefficient (Wildman–Crippen LogP) is 1.50. The van der Waals surface area contributed by atoms with Gasteiger partial charge in [-0.15, -0.1) is 5.10 Å². The summed E-state index contributed by atoms with van der Waals surface area (Å²) < 4.78 is 1.54. The Morgan fingerprint density at radius 1 is 1.38 bits per heavy atom. The van der Waals surface area contributed by atoms with Crippen LogP contribution in [0.3, 0.4) is 0 Å². The smallest absolute Gasteiger partial charge is 0.164 e. The molecule has 2 rings (SSSR count). The Labute approximate surface area is 80.0 Å². The summed E-state index contributed by atoms with van der Waals surface area (Å²) >= 11 is 5.74. The monoisotopic (exact) mass is 194 g/mol. The van der Waals surface area contributed by atoms with Crippen molar-refractivity contribution in [3.8, 4) is 5.82 Å². The summed E-state index contributed by atoms with van der Waals surface area (Å²) in [5.41, 5.74) is 5.49. The zero-order valence-corrected chi connectivity index (χ0v) is 7.44. The molecule has 0 radical (unpaired) electrons. The highest BCUT2D eigenvalue weighted by atomic mass is 35.5. The van der Waals surface area contributed by atoms with E-state index in [0.29, 0.717) is 16.7 Å². The number of anilines is 1. The van der Waals surface area contributed by atoms with Gasteiger partial charge < -0.3 is 5.73 Å². The molecule has 2 aromatic rings. The second-order valence-electron chi connectivity index (χ2n) is 2.49. The molecule has 0 saturated heterocycles. The summed E-state index contributed by atoms with van der Waals surface area (Å²) in [6, 6.07) is 5.52. The van der Waals surface area contributed by atoms with E-state index in [1.807, 2.05) is 18.2 Å². The third-order valence-electron chi connectivity index (χ3n) is 1.58. The number of hydrogen-bond donors (Lipinski definition) is 1. The topological polar surface area (TPSA) is 56.7 Å². The largest absolute Gasteiger partial charge is 0.381 e. The lowest BCUT2D eigenvalue weighted by Crippen LogP contribution is -1.97. The lowest BCUT2D eigenvalue weighted by molar-refractivity contribution is 0.852. The Morgan fingerprint density at radius 3 is 2.77 bits per heavy atom. The van der Waals surface area contributed by atoms with Crippen LogP contribution in [0.1, 0.15) is 0 Å². The Morgan fingerprint density at radius 2 is 2.23 bits per heavy atom. The summed E-state index contributed by atoms with van der Waals surface area (Å²) in [6.07, 6.45) is 3.31. The molecule has 13 heavy (non-hydrogen) atoms. The van der Waals surface area contributed by atoms with Crippen LogP contribution in [0.4, 0.5) is 5.82 Å². The van der Waals surface area contributed by atoms with Gasteiger partial charge >= 0.3 is 0 Å². The Kier molecular flexibility index (Phi) is 1.90. The summed E-state index contributed by atoms with van der Waals surface area (Å²) in [5, 5.41) is 4.42. The first kappa shape index (κ1) is 8.07. The van der Waals surface area contributed by atoms with E-state index >= 15 is 0 Å². The van der Waals surface area contributed by atoms with Crippen molar-refractivity contribution in [1.29, 1.82) is 0 Å². The van der Waals surface area contributed by atoms with Crippen LogP contribution in [0.5, 0.6) is 0 Å². The van der Waals surface area contributed by atoms with Crippen molar-refractivity contribution >= 4 is 17.4 Å². The summed E-state index contributed by atoms with van der Waals surface area (Å²) in [4.78, 5) is 4.09. The molecule has 0 unspecified atom stereocenters. The molecular weight excluding hydrogens is 188 g/mol. The van der Waals surface area contributed by atoms with Crippen molar-refractivity contribution in [2.75, 3.05) is 5.73 Å². The normalized spacial score (nSPS) is 10.2. The van der Waals surface area contributed by atoms with Crippen LogP contribution in [-0.4, -0.2) is 14.8 Å². The van der Waals surface area contributed by atoms with Gasteiger partial charge in [-0.1, -0.05) is 17.7 Å². The fourth-order valence-corrected chi connectivity index (χ4v) is 1.10. The molecule has 0 aliphatic heterocycles. The number of halogens is 1. The minimum absolute atomic E-state index is 0.312. The van der Waals surface area contributed by atoms with Gasteiger partial charge in [-0.25, -0.2) is 9.67 Å². The number of nitrogens with two attached hydrogens (primary N) is 1. The van der Waals surface area contributed by atoms with Gasteiger partial charge in [0.15, 0.2) is 11.6 Å². The molecular formula is C8H7ClN4. The van der Waals surface area contributed by atoms with Crippen LogP contribution >= 0.6 is 11.6 Å². The predicted molar refractivity (Wildman–Crippen MR) is 50.8 cm³/mol. The van der Waals surface area contributed by atoms with Crippen molar-refractivity contribution in [1.82, 2.24) is 14.8 Å². The van der Waals surface area contributed by atoms with E-state index < -0.39 is 0 Å². The molecule has 66 valence electrons. The number of aromatic nitrogens is 3. The van der Waals surface area contributed by atoms with E-state index in [1.54, 1.807) is 12.4 Å². The van der Waals surface area contributed by atoms with E-state index in [4.69, 9.17) is 17.3 Å². The van der Waals surface area contributed by atoms with E-state index in [-0.39, 0.29) is 0 Å². The SMILES string of the molecule is Nc1nn(-c2ccccn2)cc1Cl. The molecule has 0 bridgehead atoms. The molecule has 2 N–H and O–H groups in total. The number of nitrogens with zero attached hydrogens (tertiary/aromatic N) is 3. The molecule has 0 aliphatic carbocycles. The molecule has 0 aromatic carbocycles. The van der Waals surface area contributed by atoms with Gasteiger partial charge in [0.05, 0.1) is 6.20 Å². The quantitative estimate of drug-likeness (QED) is 0.749. The molecule has 0 amide bonds. The number of nitrogen functional groups attached to an aromatic ring is 1. The minimum atomic E-state index is 0.312. The summed E-state index contributed by atoms with van der Waals surface area (Å²) in [7, 11) is 0. The van der Waals surface area contributed by atoms with Gasteiger partial charge in [-0.3, -0.25) is 0 Å². The van der Waals surface area contributed by atoms with Crippen molar-refractivity contribution < 1.29 is 0 Å². The van der Waals surface area contributed by atoms with Gasteiger partial charge in [0.2, 0.25) is 0 Å². The molecule has 0 spiro atoms. The first-order valence-corrected chi connectivity index (χ1v) is 4.07. The molecule has 4 nitrogen and oxygen atoms in total. The van der Waals surface area contributed by atoms with Gasteiger partial charge in [0, 0.05) is 6.20 Å².